The van der Waals surface area contributed by atoms with Crippen LogP contribution in [0.1, 0.15) is 71.6 Å². The van der Waals surface area contributed by atoms with Gasteiger partial charge in [-0.15, -0.1) is 0 Å². The predicted molar refractivity (Wildman–Crippen MR) is 106 cm³/mol. The minimum Gasteiger partial charge on any atom is -0.469 e. The highest BCUT2D eigenvalue weighted by Crippen LogP contribution is 2.70. The summed E-state index contributed by atoms with van der Waals surface area (Å²) in [5.74, 6) is 0.747. The zero-order chi connectivity index (χ0) is 20.6. The van der Waals surface area contributed by atoms with E-state index in [0.717, 1.165) is 44.1 Å². The molecule has 0 amide bonds. The van der Waals surface area contributed by atoms with E-state index >= 15 is 0 Å². The van der Waals surface area contributed by atoms with E-state index in [9.17, 15) is 14.4 Å². The summed E-state index contributed by atoms with van der Waals surface area (Å²) >= 11 is 0. The number of carbonyl (C=O) groups is 3. The maximum absolute atomic E-state index is 12.9. The molecule has 0 aromatic heterocycles. The highest BCUT2D eigenvalue weighted by atomic mass is 16.6. The van der Waals surface area contributed by atoms with Gasteiger partial charge in [0.2, 0.25) is 0 Å². The van der Waals surface area contributed by atoms with Crippen LogP contribution in [-0.2, 0) is 23.9 Å². The number of hydrogen-bond acceptors (Lipinski definition) is 5. The van der Waals surface area contributed by atoms with Crippen molar-refractivity contribution in [1.29, 1.82) is 0 Å². The third-order valence-electron chi connectivity index (χ3n) is 9.85. The number of rotatable bonds is 1. The second-order valence-corrected chi connectivity index (χ2v) is 10.6. The maximum Gasteiger partial charge on any atom is 0.309 e. The molecule has 7 atom stereocenters. The van der Waals surface area contributed by atoms with Gasteiger partial charge in [0, 0.05) is 18.3 Å². The normalized spacial score (nSPS) is 48.4. The van der Waals surface area contributed by atoms with E-state index in [4.69, 9.17) is 9.47 Å². The Morgan fingerprint density at radius 2 is 1.83 bits per heavy atom. The summed E-state index contributed by atoms with van der Waals surface area (Å²) in [5, 5.41) is 0. The van der Waals surface area contributed by atoms with Crippen LogP contribution in [0.3, 0.4) is 0 Å². The van der Waals surface area contributed by atoms with Crippen molar-refractivity contribution in [3.63, 3.8) is 0 Å². The fourth-order valence-corrected chi connectivity index (χ4v) is 8.25. The summed E-state index contributed by atoms with van der Waals surface area (Å²) in [4.78, 5) is 37.1. The van der Waals surface area contributed by atoms with Crippen LogP contribution in [0.5, 0.6) is 0 Å². The first-order valence-corrected chi connectivity index (χ1v) is 11.3. The van der Waals surface area contributed by atoms with Crippen molar-refractivity contribution in [2.45, 2.75) is 77.2 Å². The van der Waals surface area contributed by atoms with Crippen molar-refractivity contribution in [3.05, 3.63) is 11.6 Å². The van der Waals surface area contributed by atoms with Crippen LogP contribution in [0, 0.1) is 34.5 Å². The second kappa shape index (κ2) is 6.18. The molecular formula is C24H32O5. The molecule has 1 spiro atoms. The molecule has 4 aliphatic carbocycles. The highest BCUT2D eigenvalue weighted by molar-refractivity contribution is 5.92. The molecular weight excluding hydrogens is 368 g/mol. The fourth-order valence-electron chi connectivity index (χ4n) is 8.25. The van der Waals surface area contributed by atoms with Gasteiger partial charge in [-0.1, -0.05) is 19.4 Å². The third-order valence-corrected chi connectivity index (χ3v) is 9.85. The monoisotopic (exact) mass is 400 g/mol. The number of fused-ring (bicyclic) bond motifs is 6. The zero-order valence-corrected chi connectivity index (χ0v) is 17.8. The van der Waals surface area contributed by atoms with Gasteiger partial charge in [0.15, 0.2) is 5.78 Å². The molecule has 0 bridgehead atoms. The predicted octanol–water partition coefficient (Wildman–Crippen LogP) is 3.99. The molecule has 158 valence electrons. The smallest absolute Gasteiger partial charge is 0.309 e. The Labute approximate surface area is 172 Å². The van der Waals surface area contributed by atoms with E-state index < -0.39 is 0 Å². The first kappa shape index (κ1) is 19.3. The second-order valence-electron chi connectivity index (χ2n) is 10.6. The lowest BCUT2D eigenvalue weighted by Gasteiger charge is -2.60. The number of allylic oxidation sites excluding steroid dienone is 1. The van der Waals surface area contributed by atoms with Gasteiger partial charge in [-0.05, 0) is 74.2 Å². The molecule has 0 N–H and O–H groups in total. The summed E-state index contributed by atoms with van der Waals surface area (Å²) in [6, 6.07) is 0. The van der Waals surface area contributed by atoms with Gasteiger partial charge >= 0.3 is 11.9 Å². The molecule has 3 saturated carbocycles. The molecule has 1 saturated heterocycles. The number of esters is 2. The number of carbonyl (C=O) groups excluding carboxylic acids is 3. The maximum atomic E-state index is 12.9. The Hall–Kier alpha value is -1.65. The lowest BCUT2D eigenvalue weighted by atomic mass is 9.44. The molecule has 0 radical (unpaired) electrons. The van der Waals surface area contributed by atoms with Gasteiger partial charge in [0.25, 0.3) is 0 Å². The summed E-state index contributed by atoms with van der Waals surface area (Å²) in [6.07, 6.45) is 9.25. The summed E-state index contributed by atoms with van der Waals surface area (Å²) < 4.78 is 11.3. The molecule has 1 heterocycles. The molecule has 5 rings (SSSR count). The Morgan fingerprint density at radius 3 is 2.52 bits per heavy atom. The molecule has 4 fully saturated rings. The van der Waals surface area contributed by atoms with Gasteiger partial charge < -0.3 is 9.47 Å². The van der Waals surface area contributed by atoms with Crippen LogP contribution in [0.4, 0.5) is 0 Å². The molecule has 0 aromatic rings. The van der Waals surface area contributed by atoms with Crippen molar-refractivity contribution in [3.8, 4) is 0 Å². The van der Waals surface area contributed by atoms with Crippen LogP contribution in [0.2, 0.25) is 0 Å². The SMILES string of the molecule is COC(=O)C1CC2=CC(=O)CCC2(C)C2CCC3(C)C(CC[C@@]34CCC(=O)O4)C12. The molecule has 5 heteroatoms. The lowest BCUT2D eigenvalue weighted by Crippen LogP contribution is -2.58. The van der Waals surface area contributed by atoms with Gasteiger partial charge in [-0.3, -0.25) is 14.4 Å². The quantitative estimate of drug-likeness (QED) is 0.623. The summed E-state index contributed by atoms with van der Waals surface area (Å²) in [7, 11) is 1.47. The molecule has 29 heavy (non-hydrogen) atoms. The van der Waals surface area contributed by atoms with Crippen LogP contribution >= 0.6 is 0 Å². The fraction of sp³-hybridized carbons (Fsp3) is 0.792. The van der Waals surface area contributed by atoms with Crippen LogP contribution in [0.15, 0.2) is 11.6 Å². The first-order valence-electron chi connectivity index (χ1n) is 11.3. The van der Waals surface area contributed by atoms with Crippen molar-refractivity contribution in [2.24, 2.45) is 34.5 Å². The van der Waals surface area contributed by atoms with Gasteiger partial charge in [-0.25, -0.2) is 0 Å². The van der Waals surface area contributed by atoms with Gasteiger partial charge in [0.1, 0.15) is 5.60 Å². The number of ether oxygens (including phenoxy) is 2. The standard InChI is InChI=1S/C24H32O5/c1-22-8-4-15(25)12-14(22)13-16(21(27)28-3)20-17(22)5-9-23(2)18(20)6-10-24(23)11-7-19(26)29-24/h12,16-18,20H,4-11,13H2,1-3H3/t16?,17?,18?,20?,22?,23?,24-/m1/s1. The van der Waals surface area contributed by atoms with Crippen molar-refractivity contribution >= 4 is 17.7 Å². The number of hydrogen-bond donors (Lipinski definition) is 0. The number of methoxy groups -OCH3 is 1. The van der Waals surface area contributed by atoms with Crippen molar-refractivity contribution in [1.82, 2.24) is 0 Å². The number of ketones is 1. The Kier molecular flexibility index (Phi) is 4.12. The Balaban J connectivity index is 1.58. The Bertz CT molecular complexity index is 814. The lowest BCUT2D eigenvalue weighted by molar-refractivity contribution is -0.177. The van der Waals surface area contributed by atoms with Gasteiger partial charge in [-0.2, -0.15) is 0 Å². The van der Waals surface area contributed by atoms with E-state index in [2.05, 4.69) is 13.8 Å². The van der Waals surface area contributed by atoms with Crippen LogP contribution in [-0.4, -0.2) is 30.4 Å². The van der Waals surface area contributed by atoms with E-state index in [1.54, 1.807) is 0 Å². The van der Waals surface area contributed by atoms with E-state index in [0.29, 0.717) is 31.1 Å². The minimum absolute atomic E-state index is 0.00741. The molecule has 5 aliphatic rings. The summed E-state index contributed by atoms with van der Waals surface area (Å²) in [6.45, 7) is 4.63. The van der Waals surface area contributed by atoms with Crippen LogP contribution in [0.25, 0.3) is 0 Å². The van der Waals surface area contributed by atoms with Crippen LogP contribution < -0.4 is 0 Å². The first-order chi connectivity index (χ1) is 13.7. The largest absolute Gasteiger partial charge is 0.469 e. The average Bonchev–Trinajstić information content (AvgIpc) is 3.22. The third kappa shape index (κ3) is 2.42. The van der Waals surface area contributed by atoms with E-state index in [1.165, 1.54) is 7.11 Å². The highest BCUT2D eigenvalue weighted by Gasteiger charge is 2.69. The zero-order valence-electron chi connectivity index (χ0n) is 17.8. The van der Waals surface area contributed by atoms with Gasteiger partial charge in [0.05, 0.1) is 13.0 Å². The van der Waals surface area contributed by atoms with E-state index in [1.807, 2.05) is 6.08 Å². The van der Waals surface area contributed by atoms with Crippen molar-refractivity contribution < 1.29 is 23.9 Å². The summed E-state index contributed by atoms with van der Waals surface area (Å²) in [5.41, 5.74) is 0.732. The van der Waals surface area contributed by atoms with Crippen molar-refractivity contribution in [2.75, 3.05) is 7.11 Å². The topological polar surface area (TPSA) is 69.7 Å². The molecule has 5 nitrogen and oxygen atoms in total. The molecule has 1 aliphatic heterocycles. The Morgan fingerprint density at radius 1 is 1.07 bits per heavy atom. The molecule has 0 aromatic carbocycles. The minimum atomic E-state index is -0.347. The van der Waals surface area contributed by atoms with E-state index in [-0.39, 0.29) is 46.0 Å². The molecule has 6 unspecified atom stereocenters. The average molecular weight is 401 g/mol.